The number of halogens is 2. The summed E-state index contributed by atoms with van der Waals surface area (Å²) in [5.74, 6) is 0. The first-order valence-corrected chi connectivity index (χ1v) is 9.46. The van der Waals surface area contributed by atoms with Crippen LogP contribution in [0.15, 0.2) is 32.3 Å². The van der Waals surface area contributed by atoms with E-state index in [0.717, 1.165) is 16.9 Å². The monoisotopic (exact) mass is 424 g/mol. The van der Waals surface area contributed by atoms with Crippen molar-refractivity contribution in [3.8, 4) is 0 Å². The van der Waals surface area contributed by atoms with E-state index < -0.39 is 10.0 Å². The van der Waals surface area contributed by atoms with E-state index in [9.17, 15) is 8.42 Å². The molecule has 0 fully saturated rings. The van der Waals surface area contributed by atoms with Gasteiger partial charge in [-0.3, -0.25) is 4.72 Å². The zero-order valence-electron chi connectivity index (χ0n) is 10.7. The molecule has 0 saturated heterocycles. The number of nitrogens with one attached hydrogen (secondary N) is 1. The Morgan fingerprint density at radius 2 is 2.10 bits per heavy atom. The quantitative estimate of drug-likeness (QED) is 0.729. The number of hydrogen-bond donors (Lipinski definition) is 2. The van der Waals surface area contributed by atoms with Crippen molar-refractivity contribution in [2.24, 2.45) is 5.73 Å². The SMILES string of the molecule is Cc1ccc(C(N)=S)cc1NS(=O)(=O)c1cc(Cl)c(Br)s1. The number of rotatable bonds is 4. The molecule has 0 aliphatic carbocycles. The molecule has 0 unspecified atom stereocenters. The summed E-state index contributed by atoms with van der Waals surface area (Å²) in [7, 11) is -3.71. The smallest absolute Gasteiger partial charge is 0.271 e. The number of thiophene rings is 1. The summed E-state index contributed by atoms with van der Waals surface area (Å²) in [6.07, 6.45) is 0. The van der Waals surface area contributed by atoms with Gasteiger partial charge in [0.15, 0.2) is 0 Å². The van der Waals surface area contributed by atoms with Crippen LogP contribution >= 0.6 is 51.1 Å². The molecule has 2 aromatic rings. The van der Waals surface area contributed by atoms with Crippen molar-refractivity contribution in [1.29, 1.82) is 0 Å². The number of aryl methyl sites for hydroxylation is 1. The van der Waals surface area contributed by atoms with Crippen molar-refractivity contribution >= 4 is 71.8 Å². The molecular formula is C12H10BrClN2O2S3. The Kier molecular flexibility index (Phi) is 4.94. The van der Waals surface area contributed by atoms with Crippen LogP contribution in [0.4, 0.5) is 5.69 Å². The van der Waals surface area contributed by atoms with Gasteiger partial charge in [0.05, 0.1) is 14.5 Å². The number of anilines is 1. The lowest BCUT2D eigenvalue weighted by Gasteiger charge is -2.10. The summed E-state index contributed by atoms with van der Waals surface area (Å²) in [6.45, 7) is 1.79. The molecule has 0 atom stereocenters. The van der Waals surface area contributed by atoms with Crippen molar-refractivity contribution in [3.05, 3.63) is 44.2 Å². The Labute approximate surface area is 145 Å². The normalized spacial score (nSPS) is 11.4. The summed E-state index contributed by atoms with van der Waals surface area (Å²) in [5.41, 5.74) is 7.36. The second kappa shape index (κ2) is 6.21. The summed E-state index contributed by atoms with van der Waals surface area (Å²) in [6, 6.07) is 6.50. The standard InChI is InChI=1S/C12H10BrClN2O2S3/c1-6-2-3-7(12(15)19)4-9(6)16-21(17,18)10-5-8(14)11(13)20-10/h2-5,16H,1H3,(H2,15,19). The first-order valence-electron chi connectivity index (χ1n) is 5.59. The minimum Gasteiger partial charge on any atom is -0.389 e. The van der Waals surface area contributed by atoms with Crippen LogP contribution < -0.4 is 10.5 Å². The average molecular weight is 426 g/mol. The number of benzene rings is 1. The topological polar surface area (TPSA) is 72.2 Å². The predicted octanol–water partition coefficient (Wildman–Crippen LogP) is 3.91. The molecule has 0 aliphatic heterocycles. The minimum atomic E-state index is -3.71. The molecule has 3 N–H and O–H groups in total. The van der Waals surface area contributed by atoms with Crippen LogP contribution in [-0.2, 0) is 10.0 Å². The van der Waals surface area contributed by atoms with Gasteiger partial charge in [-0.2, -0.15) is 0 Å². The zero-order valence-corrected chi connectivity index (χ0v) is 15.5. The average Bonchev–Trinajstić information content (AvgIpc) is 2.73. The van der Waals surface area contributed by atoms with Gasteiger partial charge in [-0.25, -0.2) is 8.42 Å². The fourth-order valence-electron chi connectivity index (χ4n) is 1.54. The van der Waals surface area contributed by atoms with Gasteiger partial charge in [0.25, 0.3) is 10.0 Å². The van der Waals surface area contributed by atoms with Crippen LogP contribution in [0, 0.1) is 6.92 Å². The summed E-state index contributed by atoms with van der Waals surface area (Å²) in [5, 5.41) is 0.356. The maximum absolute atomic E-state index is 12.4. The third-order valence-electron chi connectivity index (χ3n) is 2.65. The first-order chi connectivity index (χ1) is 9.70. The molecule has 0 aliphatic rings. The van der Waals surface area contributed by atoms with Crippen LogP contribution in [0.3, 0.4) is 0 Å². The lowest BCUT2D eigenvalue weighted by atomic mass is 10.1. The Morgan fingerprint density at radius 1 is 1.43 bits per heavy atom. The second-order valence-corrected chi connectivity index (χ2v) is 9.31. The molecular weight excluding hydrogens is 416 g/mol. The van der Waals surface area contributed by atoms with Crippen molar-refractivity contribution in [2.45, 2.75) is 11.1 Å². The van der Waals surface area contributed by atoms with Crippen molar-refractivity contribution in [1.82, 2.24) is 0 Å². The van der Waals surface area contributed by atoms with Gasteiger partial charge in [0.2, 0.25) is 0 Å². The highest BCUT2D eigenvalue weighted by Gasteiger charge is 2.20. The fourth-order valence-corrected chi connectivity index (χ4v) is 5.19. The van der Waals surface area contributed by atoms with Crippen LogP contribution in [-0.4, -0.2) is 13.4 Å². The van der Waals surface area contributed by atoms with E-state index in [0.29, 0.717) is 20.1 Å². The summed E-state index contributed by atoms with van der Waals surface area (Å²) in [4.78, 5) is 0.206. The number of nitrogens with two attached hydrogens (primary N) is 1. The van der Waals surface area contributed by atoms with Gasteiger partial charge in [0, 0.05) is 5.56 Å². The van der Waals surface area contributed by atoms with Crippen molar-refractivity contribution < 1.29 is 8.42 Å². The third-order valence-corrected chi connectivity index (χ3v) is 7.20. The summed E-state index contributed by atoms with van der Waals surface area (Å²) >= 11 is 15.0. The molecule has 112 valence electrons. The Morgan fingerprint density at radius 3 is 2.62 bits per heavy atom. The molecule has 1 heterocycles. The zero-order chi connectivity index (χ0) is 15.8. The number of thiocarbonyl (C=S) groups is 1. The van der Waals surface area contributed by atoms with Crippen LogP contribution in [0.25, 0.3) is 0 Å². The largest absolute Gasteiger partial charge is 0.389 e. The highest BCUT2D eigenvalue weighted by Crippen LogP contribution is 2.35. The van der Waals surface area contributed by atoms with Gasteiger partial charge in [-0.15, -0.1) is 11.3 Å². The van der Waals surface area contributed by atoms with Gasteiger partial charge in [0.1, 0.15) is 9.20 Å². The molecule has 9 heteroatoms. The molecule has 4 nitrogen and oxygen atoms in total. The fraction of sp³-hybridized carbons (Fsp3) is 0.0833. The molecule has 0 spiro atoms. The van der Waals surface area contributed by atoms with E-state index in [2.05, 4.69) is 20.7 Å². The molecule has 0 amide bonds. The maximum atomic E-state index is 12.4. The molecule has 1 aromatic heterocycles. The lowest BCUT2D eigenvalue weighted by molar-refractivity contribution is 0.603. The number of hydrogen-bond acceptors (Lipinski definition) is 4. The van der Waals surface area contributed by atoms with E-state index in [-0.39, 0.29) is 9.20 Å². The molecule has 0 bridgehead atoms. The Bertz CT molecular complexity index is 798. The molecule has 2 rings (SSSR count). The van der Waals surface area contributed by atoms with Crippen LogP contribution in [0.5, 0.6) is 0 Å². The van der Waals surface area contributed by atoms with Gasteiger partial charge in [-0.1, -0.05) is 36.0 Å². The van der Waals surface area contributed by atoms with Crippen LogP contribution in [0.1, 0.15) is 11.1 Å². The predicted molar refractivity (Wildman–Crippen MR) is 94.9 cm³/mol. The summed E-state index contributed by atoms with van der Waals surface area (Å²) < 4.78 is 27.9. The van der Waals surface area contributed by atoms with Crippen molar-refractivity contribution in [2.75, 3.05) is 4.72 Å². The molecule has 21 heavy (non-hydrogen) atoms. The van der Waals surface area contributed by atoms with Crippen molar-refractivity contribution in [3.63, 3.8) is 0 Å². The lowest BCUT2D eigenvalue weighted by Crippen LogP contribution is -2.14. The van der Waals surface area contributed by atoms with Gasteiger partial charge < -0.3 is 5.73 Å². The van der Waals surface area contributed by atoms with Crippen LogP contribution in [0.2, 0.25) is 5.02 Å². The first kappa shape index (κ1) is 16.7. The van der Waals surface area contributed by atoms with E-state index >= 15 is 0 Å². The highest BCUT2D eigenvalue weighted by molar-refractivity contribution is 9.11. The van der Waals surface area contributed by atoms with E-state index in [1.54, 1.807) is 25.1 Å². The molecule has 0 saturated carbocycles. The Hall–Kier alpha value is -0.670. The van der Waals surface area contributed by atoms with E-state index in [4.69, 9.17) is 29.6 Å². The molecule has 0 radical (unpaired) electrons. The molecule has 1 aromatic carbocycles. The van der Waals surface area contributed by atoms with Gasteiger partial charge >= 0.3 is 0 Å². The maximum Gasteiger partial charge on any atom is 0.271 e. The third kappa shape index (κ3) is 3.75. The highest BCUT2D eigenvalue weighted by atomic mass is 79.9. The Balaban J connectivity index is 2.41. The van der Waals surface area contributed by atoms with Gasteiger partial charge in [-0.05, 0) is 40.5 Å². The van der Waals surface area contributed by atoms with E-state index in [1.165, 1.54) is 6.07 Å². The second-order valence-electron chi connectivity index (χ2n) is 4.19. The number of sulfonamides is 1. The minimum absolute atomic E-state index is 0.125. The van der Waals surface area contributed by atoms with E-state index in [1.807, 2.05) is 0 Å².